The summed E-state index contributed by atoms with van der Waals surface area (Å²) in [5.41, 5.74) is 1.69. The maximum Gasteiger partial charge on any atom is 0.340 e. The van der Waals surface area contributed by atoms with Crippen LogP contribution in [0.1, 0.15) is 30.9 Å². The summed E-state index contributed by atoms with van der Waals surface area (Å²) in [4.78, 5) is 38.0. The van der Waals surface area contributed by atoms with Gasteiger partial charge in [-0.25, -0.2) is 4.79 Å². The van der Waals surface area contributed by atoms with E-state index in [1.165, 1.54) is 4.90 Å². The van der Waals surface area contributed by atoms with Crippen molar-refractivity contribution in [2.45, 2.75) is 33.1 Å². The van der Waals surface area contributed by atoms with Crippen LogP contribution in [0.3, 0.4) is 0 Å². The van der Waals surface area contributed by atoms with Gasteiger partial charge in [0.2, 0.25) is 5.91 Å². The van der Waals surface area contributed by atoms with E-state index in [0.29, 0.717) is 48.5 Å². The fraction of sp³-hybridized carbons (Fsp3) is 0.409. The van der Waals surface area contributed by atoms with Crippen molar-refractivity contribution in [3.05, 3.63) is 51.9 Å². The van der Waals surface area contributed by atoms with Crippen LogP contribution >= 0.6 is 0 Å². The average molecular weight is 399 g/mol. The Morgan fingerprint density at radius 3 is 2.83 bits per heavy atom. The number of rotatable bonds is 6. The smallest absolute Gasteiger partial charge is 0.340 e. The van der Waals surface area contributed by atoms with E-state index in [0.717, 1.165) is 11.0 Å². The largest absolute Gasteiger partial charge is 0.489 e. The van der Waals surface area contributed by atoms with Gasteiger partial charge in [-0.05, 0) is 50.0 Å². The summed E-state index contributed by atoms with van der Waals surface area (Å²) in [6.07, 6.45) is 1.09. The SMILES string of the molecule is C=C(C)COc1ccc2c(C)c(CC(=O)N3CCC[C@@H](C(=O)O)C3)c(=O)oc2c1. The minimum absolute atomic E-state index is 0.107. The van der Waals surface area contributed by atoms with Crippen LogP contribution in [0.15, 0.2) is 39.6 Å². The first-order valence-corrected chi connectivity index (χ1v) is 9.60. The lowest BCUT2D eigenvalue weighted by atomic mass is 9.97. The Kier molecular flexibility index (Phi) is 6.06. The number of carboxylic acids is 1. The third-order valence-electron chi connectivity index (χ3n) is 5.20. The Hall–Kier alpha value is -3.09. The summed E-state index contributed by atoms with van der Waals surface area (Å²) in [7, 11) is 0. The second-order valence-electron chi connectivity index (χ2n) is 7.59. The van der Waals surface area contributed by atoms with Gasteiger partial charge in [0.25, 0.3) is 0 Å². The Bertz CT molecular complexity index is 1020. The Labute approximate surface area is 168 Å². The van der Waals surface area contributed by atoms with Crippen LogP contribution in [0.4, 0.5) is 0 Å². The lowest BCUT2D eigenvalue weighted by molar-refractivity contribution is -0.145. The number of nitrogens with zero attached hydrogens (tertiary/aromatic N) is 1. The molecule has 0 spiro atoms. The van der Waals surface area contributed by atoms with Crippen LogP contribution in [0.5, 0.6) is 5.75 Å². The summed E-state index contributed by atoms with van der Waals surface area (Å²) in [6.45, 7) is 8.48. The molecule has 1 saturated heterocycles. The van der Waals surface area contributed by atoms with E-state index in [4.69, 9.17) is 9.15 Å². The monoisotopic (exact) mass is 399 g/mol. The topological polar surface area (TPSA) is 97.0 Å². The molecule has 2 heterocycles. The number of carbonyl (C=O) groups is 2. The number of aryl methyl sites for hydroxylation is 1. The molecule has 0 bridgehead atoms. The Morgan fingerprint density at radius 2 is 2.14 bits per heavy atom. The number of benzene rings is 1. The van der Waals surface area contributed by atoms with Crippen molar-refractivity contribution in [3.63, 3.8) is 0 Å². The van der Waals surface area contributed by atoms with Crippen LogP contribution < -0.4 is 10.4 Å². The molecule has 0 aliphatic carbocycles. The molecule has 1 aromatic carbocycles. The zero-order valence-corrected chi connectivity index (χ0v) is 16.7. The van der Waals surface area contributed by atoms with Gasteiger partial charge >= 0.3 is 11.6 Å². The first-order chi connectivity index (χ1) is 13.8. The zero-order chi connectivity index (χ0) is 21.1. The lowest BCUT2D eigenvalue weighted by Crippen LogP contribution is -2.43. The quantitative estimate of drug-likeness (QED) is 0.593. The van der Waals surface area contributed by atoms with Gasteiger partial charge in [-0.3, -0.25) is 9.59 Å². The highest BCUT2D eigenvalue weighted by atomic mass is 16.5. The molecule has 1 fully saturated rings. The molecule has 0 saturated carbocycles. The maximum atomic E-state index is 12.7. The fourth-order valence-electron chi connectivity index (χ4n) is 3.54. The maximum absolute atomic E-state index is 12.7. The van der Waals surface area contributed by atoms with Gasteiger partial charge < -0.3 is 19.2 Å². The van der Waals surface area contributed by atoms with E-state index in [1.54, 1.807) is 25.1 Å². The molecule has 3 rings (SSSR count). The molecular weight excluding hydrogens is 374 g/mol. The van der Waals surface area contributed by atoms with Crippen LogP contribution in [-0.4, -0.2) is 41.6 Å². The van der Waals surface area contributed by atoms with E-state index in [1.807, 2.05) is 6.92 Å². The minimum atomic E-state index is -0.895. The third-order valence-corrected chi connectivity index (χ3v) is 5.20. The van der Waals surface area contributed by atoms with E-state index >= 15 is 0 Å². The van der Waals surface area contributed by atoms with Gasteiger partial charge in [0.1, 0.15) is 17.9 Å². The van der Waals surface area contributed by atoms with Gasteiger partial charge in [-0.15, -0.1) is 0 Å². The van der Waals surface area contributed by atoms with Gasteiger partial charge in [0.15, 0.2) is 0 Å². The predicted molar refractivity (Wildman–Crippen MR) is 108 cm³/mol. The van der Waals surface area contributed by atoms with Crippen molar-refractivity contribution in [2.24, 2.45) is 5.92 Å². The molecule has 1 aliphatic rings. The number of piperidine rings is 1. The first-order valence-electron chi connectivity index (χ1n) is 9.60. The molecular formula is C22H25NO6. The van der Waals surface area contributed by atoms with E-state index in [9.17, 15) is 19.5 Å². The number of aliphatic carboxylic acids is 1. The van der Waals surface area contributed by atoms with E-state index in [2.05, 4.69) is 6.58 Å². The standard InChI is InChI=1S/C22H25NO6/c1-13(2)12-28-16-6-7-17-14(3)18(22(27)29-19(17)9-16)10-20(24)23-8-4-5-15(11-23)21(25)26/h6-7,9,15H,1,4-5,8,10-12H2,2-3H3,(H,25,26)/t15-/m1/s1. The number of carboxylic acid groups (broad SMARTS) is 1. The average Bonchev–Trinajstić information content (AvgIpc) is 2.69. The number of amides is 1. The number of ether oxygens (including phenoxy) is 1. The molecule has 1 aromatic heterocycles. The lowest BCUT2D eigenvalue weighted by Gasteiger charge is -2.30. The summed E-state index contributed by atoms with van der Waals surface area (Å²) in [5, 5.41) is 9.94. The summed E-state index contributed by atoms with van der Waals surface area (Å²) < 4.78 is 11.0. The van der Waals surface area contributed by atoms with Crippen molar-refractivity contribution < 1.29 is 23.8 Å². The number of hydrogen-bond acceptors (Lipinski definition) is 5. The molecule has 2 aromatic rings. The number of hydrogen-bond donors (Lipinski definition) is 1. The van der Waals surface area contributed by atoms with Crippen LogP contribution in [-0.2, 0) is 16.0 Å². The Balaban J connectivity index is 1.83. The van der Waals surface area contributed by atoms with Gasteiger partial charge in [0.05, 0.1) is 17.9 Å². The second-order valence-corrected chi connectivity index (χ2v) is 7.59. The molecule has 7 heteroatoms. The molecule has 154 valence electrons. The molecule has 7 nitrogen and oxygen atoms in total. The minimum Gasteiger partial charge on any atom is -0.489 e. The Morgan fingerprint density at radius 1 is 1.38 bits per heavy atom. The van der Waals surface area contributed by atoms with Crippen molar-refractivity contribution in [3.8, 4) is 5.75 Å². The zero-order valence-electron chi connectivity index (χ0n) is 16.7. The van der Waals surface area contributed by atoms with Gasteiger partial charge in [0, 0.05) is 24.5 Å². The fourth-order valence-corrected chi connectivity index (χ4v) is 3.54. The number of carbonyl (C=O) groups excluding carboxylic acids is 1. The van der Waals surface area contributed by atoms with Gasteiger partial charge in [-0.1, -0.05) is 6.58 Å². The second kappa shape index (κ2) is 8.51. The number of likely N-dealkylation sites (tertiary alicyclic amines) is 1. The highest BCUT2D eigenvalue weighted by Crippen LogP contribution is 2.25. The molecule has 1 N–H and O–H groups in total. The normalized spacial score (nSPS) is 16.6. The molecule has 1 atom stereocenters. The molecule has 29 heavy (non-hydrogen) atoms. The molecule has 0 unspecified atom stereocenters. The van der Waals surface area contributed by atoms with Crippen LogP contribution in [0.2, 0.25) is 0 Å². The van der Waals surface area contributed by atoms with Crippen molar-refractivity contribution in [2.75, 3.05) is 19.7 Å². The highest BCUT2D eigenvalue weighted by Gasteiger charge is 2.29. The van der Waals surface area contributed by atoms with E-state index in [-0.39, 0.29) is 18.9 Å². The van der Waals surface area contributed by atoms with Crippen LogP contribution in [0, 0.1) is 12.8 Å². The van der Waals surface area contributed by atoms with Crippen LogP contribution in [0.25, 0.3) is 11.0 Å². The predicted octanol–water partition coefficient (Wildman–Crippen LogP) is 2.92. The summed E-state index contributed by atoms with van der Waals surface area (Å²) >= 11 is 0. The van der Waals surface area contributed by atoms with Crippen molar-refractivity contribution in [1.29, 1.82) is 0 Å². The van der Waals surface area contributed by atoms with Crippen molar-refractivity contribution >= 4 is 22.8 Å². The molecule has 1 aliphatic heterocycles. The summed E-state index contributed by atoms with van der Waals surface area (Å²) in [6, 6.07) is 5.24. The van der Waals surface area contributed by atoms with Crippen molar-refractivity contribution in [1.82, 2.24) is 4.90 Å². The highest BCUT2D eigenvalue weighted by molar-refractivity contribution is 5.85. The first kappa shape index (κ1) is 20.6. The number of fused-ring (bicyclic) bond motifs is 1. The van der Waals surface area contributed by atoms with Gasteiger partial charge in [-0.2, -0.15) is 0 Å². The summed E-state index contributed by atoms with van der Waals surface area (Å²) in [5.74, 6) is -1.14. The third kappa shape index (κ3) is 4.67. The molecule has 1 amide bonds. The van der Waals surface area contributed by atoms with E-state index < -0.39 is 17.5 Å². The molecule has 0 radical (unpaired) electrons.